The van der Waals surface area contributed by atoms with Crippen molar-refractivity contribution in [3.05, 3.63) is 48.2 Å². The molecule has 0 bridgehead atoms. The van der Waals surface area contributed by atoms with E-state index in [-0.39, 0.29) is 11.4 Å². The van der Waals surface area contributed by atoms with Gasteiger partial charge in [0.1, 0.15) is 10.6 Å². The van der Waals surface area contributed by atoms with Crippen LogP contribution in [0.15, 0.2) is 47.5 Å². The Hall–Kier alpha value is -2.26. The third-order valence-corrected chi connectivity index (χ3v) is 4.27. The van der Waals surface area contributed by atoms with E-state index in [1.807, 2.05) is 0 Å². The summed E-state index contributed by atoms with van der Waals surface area (Å²) >= 11 is 0. The van der Waals surface area contributed by atoms with Crippen LogP contribution in [0.25, 0.3) is 0 Å². The summed E-state index contributed by atoms with van der Waals surface area (Å²) in [6.45, 7) is -3.17. The van der Waals surface area contributed by atoms with Crippen molar-refractivity contribution in [2.45, 2.75) is 18.1 Å². The summed E-state index contributed by atoms with van der Waals surface area (Å²) in [6, 6.07) is 8.39. The predicted molar refractivity (Wildman–Crippen MR) is 77.9 cm³/mol. The molecular weight excluding hydrogens is 330 g/mol. The van der Waals surface area contributed by atoms with Crippen molar-refractivity contribution in [1.82, 2.24) is 9.71 Å². The fourth-order valence-corrected chi connectivity index (χ4v) is 2.91. The number of halogens is 2. The molecule has 1 aromatic carbocycles. The third-order valence-electron chi connectivity index (χ3n) is 2.83. The average Bonchev–Trinajstić information content (AvgIpc) is 2.53. The van der Waals surface area contributed by atoms with Gasteiger partial charge in [-0.05, 0) is 17.7 Å². The minimum absolute atomic E-state index is 0.0532. The molecule has 0 amide bonds. The number of pyridine rings is 1. The van der Waals surface area contributed by atoms with E-state index >= 15 is 0 Å². The molecule has 0 aliphatic carbocycles. The number of aromatic nitrogens is 1. The molecule has 0 aliphatic heterocycles. The highest BCUT2D eigenvalue weighted by Crippen LogP contribution is 2.25. The van der Waals surface area contributed by atoms with E-state index in [2.05, 4.69) is 14.4 Å². The zero-order chi connectivity index (χ0) is 16.9. The fourth-order valence-electron chi connectivity index (χ4n) is 1.76. The first-order chi connectivity index (χ1) is 10.9. The van der Waals surface area contributed by atoms with E-state index in [0.717, 1.165) is 6.07 Å². The van der Waals surface area contributed by atoms with Crippen molar-refractivity contribution in [2.24, 2.45) is 0 Å². The molecule has 0 aliphatic rings. The van der Waals surface area contributed by atoms with Crippen LogP contribution in [0.5, 0.6) is 11.6 Å². The Morgan fingerprint density at radius 2 is 1.96 bits per heavy atom. The zero-order valence-corrected chi connectivity index (χ0v) is 12.9. The van der Waals surface area contributed by atoms with Gasteiger partial charge in [0, 0.05) is 18.8 Å². The maximum Gasteiger partial charge on any atom is 0.387 e. The number of sulfonamides is 1. The van der Waals surface area contributed by atoms with Gasteiger partial charge in [0.15, 0.2) is 0 Å². The maximum atomic E-state index is 12.4. The fraction of sp³-hybridized carbons (Fsp3) is 0.214. The van der Waals surface area contributed by atoms with Crippen molar-refractivity contribution in [3.8, 4) is 11.6 Å². The standard InChI is InChI=1S/C14H14F2N2O4S/c1-21-13-7-6-10(8-17-13)9-18-23(19,20)12-5-3-2-4-11(12)22-14(15)16/h2-8,14,18H,9H2,1H3. The SMILES string of the molecule is COc1ccc(CNS(=O)(=O)c2ccccc2OC(F)F)cn1. The van der Waals surface area contributed by atoms with Crippen LogP contribution < -0.4 is 14.2 Å². The Morgan fingerprint density at radius 3 is 2.57 bits per heavy atom. The summed E-state index contributed by atoms with van der Waals surface area (Å²) < 4.78 is 60.6. The number of nitrogens with one attached hydrogen (secondary N) is 1. The van der Waals surface area contributed by atoms with E-state index in [9.17, 15) is 17.2 Å². The number of para-hydroxylation sites is 1. The van der Waals surface area contributed by atoms with E-state index < -0.39 is 22.4 Å². The summed E-state index contributed by atoms with van der Waals surface area (Å²) in [5.41, 5.74) is 0.585. The van der Waals surface area contributed by atoms with Crippen LogP contribution in [0, 0.1) is 0 Å². The van der Waals surface area contributed by atoms with E-state index in [1.165, 1.54) is 31.5 Å². The van der Waals surface area contributed by atoms with Gasteiger partial charge in [-0.1, -0.05) is 18.2 Å². The van der Waals surface area contributed by atoms with Crippen molar-refractivity contribution in [2.75, 3.05) is 7.11 Å². The minimum Gasteiger partial charge on any atom is -0.481 e. The minimum atomic E-state index is -4.02. The van der Waals surface area contributed by atoms with Gasteiger partial charge in [-0.25, -0.2) is 18.1 Å². The van der Waals surface area contributed by atoms with Crippen LogP contribution in [0.1, 0.15) is 5.56 Å². The Kier molecular flexibility index (Phi) is 5.45. The molecular formula is C14H14F2N2O4S. The van der Waals surface area contributed by atoms with Crippen molar-refractivity contribution in [1.29, 1.82) is 0 Å². The van der Waals surface area contributed by atoms with Crippen molar-refractivity contribution in [3.63, 3.8) is 0 Å². The highest BCUT2D eigenvalue weighted by Gasteiger charge is 2.21. The molecule has 2 aromatic rings. The Labute approximate surface area is 132 Å². The number of nitrogens with zero attached hydrogens (tertiary/aromatic N) is 1. The van der Waals surface area contributed by atoms with Crippen LogP contribution >= 0.6 is 0 Å². The largest absolute Gasteiger partial charge is 0.481 e. The van der Waals surface area contributed by atoms with Gasteiger partial charge in [0.25, 0.3) is 0 Å². The summed E-state index contributed by atoms with van der Waals surface area (Å²) in [7, 11) is -2.55. The van der Waals surface area contributed by atoms with Crippen LogP contribution in [-0.4, -0.2) is 27.1 Å². The van der Waals surface area contributed by atoms with Gasteiger partial charge >= 0.3 is 6.61 Å². The van der Waals surface area contributed by atoms with E-state index in [4.69, 9.17) is 4.74 Å². The molecule has 1 N–H and O–H groups in total. The number of ether oxygens (including phenoxy) is 2. The van der Waals surface area contributed by atoms with E-state index in [1.54, 1.807) is 12.1 Å². The van der Waals surface area contributed by atoms with E-state index in [0.29, 0.717) is 11.4 Å². The number of benzene rings is 1. The molecule has 0 fully saturated rings. The number of hydrogen-bond donors (Lipinski definition) is 1. The molecule has 1 heterocycles. The van der Waals surface area contributed by atoms with Crippen molar-refractivity contribution >= 4 is 10.0 Å². The lowest BCUT2D eigenvalue weighted by Gasteiger charge is -2.12. The first-order valence-corrected chi connectivity index (χ1v) is 7.93. The number of rotatable bonds is 7. The van der Waals surface area contributed by atoms with Gasteiger partial charge in [0.05, 0.1) is 7.11 Å². The Morgan fingerprint density at radius 1 is 1.22 bits per heavy atom. The van der Waals surface area contributed by atoms with Crippen LogP contribution in [-0.2, 0) is 16.6 Å². The second kappa shape index (κ2) is 7.34. The van der Waals surface area contributed by atoms with Crippen LogP contribution in [0.3, 0.4) is 0 Å². The Bertz CT molecular complexity index is 752. The molecule has 0 radical (unpaired) electrons. The zero-order valence-electron chi connectivity index (χ0n) is 12.1. The molecule has 9 heteroatoms. The molecule has 2 rings (SSSR count). The molecule has 0 saturated carbocycles. The summed E-state index contributed by atoms with van der Waals surface area (Å²) in [6.07, 6.45) is 1.45. The van der Waals surface area contributed by atoms with Gasteiger partial charge in [-0.15, -0.1) is 0 Å². The first-order valence-electron chi connectivity index (χ1n) is 6.45. The van der Waals surface area contributed by atoms with Crippen LogP contribution in [0.2, 0.25) is 0 Å². The molecule has 0 spiro atoms. The summed E-state index contributed by atoms with van der Waals surface area (Å²) in [5.74, 6) is -0.0184. The lowest BCUT2D eigenvalue weighted by molar-refractivity contribution is -0.0517. The molecule has 6 nitrogen and oxygen atoms in total. The monoisotopic (exact) mass is 344 g/mol. The molecule has 0 unspecified atom stereocenters. The molecule has 0 atom stereocenters. The highest BCUT2D eigenvalue weighted by atomic mass is 32.2. The third kappa shape index (κ3) is 4.60. The second-order valence-corrected chi connectivity index (χ2v) is 6.09. The molecule has 1 aromatic heterocycles. The maximum absolute atomic E-state index is 12.4. The van der Waals surface area contributed by atoms with Gasteiger partial charge in [-0.2, -0.15) is 8.78 Å². The Balaban J connectivity index is 2.15. The predicted octanol–water partition coefficient (Wildman–Crippen LogP) is 2.17. The quantitative estimate of drug-likeness (QED) is 0.833. The number of methoxy groups -OCH3 is 1. The highest BCUT2D eigenvalue weighted by molar-refractivity contribution is 7.89. The van der Waals surface area contributed by atoms with Gasteiger partial charge < -0.3 is 9.47 Å². The lowest BCUT2D eigenvalue weighted by atomic mass is 10.3. The summed E-state index contributed by atoms with van der Waals surface area (Å²) in [5, 5.41) is 0. The number of hydrogen-bond acceptors (Lipinski definition) is 5. The van der Waals surface area contributed by atoms with Crippen LogP contribution in [0.4, 0.5) is 8.78 Å². The summed E-state index contributed by atoms with van der Waals surface area (Å²) in [4.78, 5) is 3.59. The average molecular weight is 344 g/mol. The first kappa shape index (κ1) is 17.1. The number of alkyl halides is 2. The van der Waals surface area contributed by atoms with Crippen molar-refractivity contribution < 1.29 is 26.7 Å². The molecule has 23 heavy (non-hydrogen) atoms. The normalized spacial score (nSPS) is 11.5. The van der Waals surface area contributed by atoms with Gasteiger partial charge in [-0.3, -0.25) is 0 Å². The molecule has 124 valence electrons. The lowest BCUT2D eigenvalue weighted by Crippen LogP contribution is -2.24. The smallest absolute Gasteiger partial charge is 0.387 e. The van der Waals surface area contributed by atoms with Gasteiger partial charge in [0.2, 0.25) is 15.9 Å². The molecule has 0 saturated heterocycles. The second-order valence-electron chi connectivity index (χ2n) is 4.36. The topological polar surface area (TPSA) is 77.5 Å².